The number of phenols is 1. The van der Waals surface area contributed by atoms with E-state index in [0.717, 1.165) is 6.92 Å². The first-order chi connectivity index (χ1) is 6.43. The molecule has 14 heavy (non-hydrogen) atoms. The summed E-state index contributed by atoms with van der Waals surface area (Å²) >= 11 is 0. The van der Waals surface area contributed by atoms with Crippen LogP contribution in [0.1, 0.15) is 6.92 Å². The first kappa shape index (κ1) is 11.9. The number of aromatic hydroxyl groups is 1. The van der Waals surface area contributed by atoms with Crippen LogP contribution in [0.3, 0.4) is 0 Å². The number of carbonyl (C=O) groups is 1. The van der Waals surface area contributed by atoms with E-state index in [1.807, 2.05) is 0 Å². The minimum absolute atomic E-state index is 0.0159. The average molecular weight is 199 g/mol. The van der Waals surface area contributed by atoms with Crippen LogP contribution in [0.25, 0.3) is 0 Å². The molecule has 6 nitrogen and oxygen atoms in total. The molecule has 2 N–H and O–H groups in total. The first-order valence-electron chi connectivity index (χ1n) is 3.56. The third kappa shape index (κ3) is 5.53. The van der Waals surface area contributed by atoms with Gasteiger partial charge in [0.1, 0.15) is 5.75 Å². The molecule has 0 amide bonds. The molecule has 0 saturated carbocycles. The third-order valence-corrected chi connectivity index (χ3v) is 1.06. The second-order valence-corrected chi connectivity index (χ2v) is 2.29. The highest BCUT2D eigenvalue weighted by molar-refractivity contribution is 5.62. The lowest BCUT2D eigenvalue weighted by molar-refractivity contribution is -0.384. The van der Waals surface area contributed by atoms with Crippen molar-refractivity contribution in [2.24, 2.45) is 0 Å². The zero-order valence-corrected chi connectivity index (χ0v) is 7.38. The van der Waals surface area contributed by atoms with E-state index in [1.54, 1.807) is 0 Å². The monoisotopic (exact) mass is 199 g/mol. The maximum absolute atomic E-state index is 10.0. The van der Waals surface area contributed by atoms with Crippen molar-refractivity contribution in [2.75, 3.05) is 0 Å². The molecule has 6 heteroatoms. The number of aliphatic carboxylic acids is 1. The second kappa shape index (κ2) is 5.52. The zero-order valence-electron chi connectivity index (χ0n) is 7.38. The van der Waals surface area contributed by atoms with Crippen LogP contribution in [-0.4, -0.2) is 21.1 Å². The quantitative estimate of drug-likeness (QED) is 0.525. The van der Waals surface area contributed by atoms with Gasteiger partial charge in [0.15, 0.2) is 0 Å². The molecule has 0 atom stereocenters. The predicted molar refractivity (Wildman–Crippen MR) is 48.1 cm³/mol. The number of hydrogen-bond acceptors (Lipinski definition) is 4. The van der Waals surface area contributed by atoms with Crippen LogP contribution in [0.5, 0.6) is 5.75 Å². The van der Waals surface area contributed by atoms with Crippen LogP contribution in [-0.2, 0) is 4.79 Å². The number of benzene rings is 1. The molecule has 1 rings (SSSR count). The van der Waals surface area contributed by atoms with Gasteiger partial charge in [0.2, 0.25) is 0 Å². The molecule has 0 aliphatic carbocycles. The molecule has 0 fully saturated rings. The number of carboxylic acid groups (broad SMARTS) is 1. The van der Waals surface area contributed by atoms with Gasteiger partial charge in [-0.05, 0) is 12.1 Å². The van der Waals surface area contributed by atoms with Gasteiger partial charge in [-0.15, -0.1) is 0 Å². The number of hydrogen-bond donors (Lipinski definition) is 2. The van der Waals surface area contributed by atoms with Crippen LogP contribution in [0, 0.1) is 10.1 Å². The largest absolute Gasteiger partial charge is 0.508 e. The molecule has 0 unspecified atom stereocenters. The van der Waals surface area contributed by atoms with Gasteiger partial charge in [0, 0.05) is 19.1 Å². The Kier molecular flexibility index (Phi) is 4.69. The van der Waals surface area contributed by atoms with Crippen LogP contribution < -0.4 is 0 Å². The molecule has 0 aliphatic rings. The van der Waals surface area contributed by atoms with E-state index in [1.165, 1.54) is 24.3 Å². The van der Waals surface area contributed by atoms with Gasteiger partial charge in [0.25, 0.3) is 11.7 Å². The van der Waals surface area contributed by atoms with Crippen molar-refractivity contribution in [1.29, 1.82) is 0 Å². The zero-order chi connectivity index (χ0) is 11.1. The average Bonchev–Trinajstić information content (AvgIpc) is 2.03. The Labute approximate surface area is 79.6 Å². The summed E-state index contributed by atoms with van der Waals surface area (Å²) in [7, 11) is 0. The summed E-state index contributed by atoms with van der Waals surface area (Å²) < 4.78 is 0. The van der Waals surface area contributed by atoms with Crippen molar-refractivity contribution in [3.63, 3.8) is 0 Å². The summed E-state index contributed by atoms with van der Waals surface area (Å²) in [6.45, 7) is 1.08. The number of carboxylic acids is 1. The molecular formula is C8H9NO5. The summed E-state index contributed by atoms with van der Waals surface area (Å²) in [6, 6.07) is 5.04. The van der Waals surface area contributed by atoms with Gasteiger partial charge in [0.05, 0.1) is 4.92 Å². The number of nitro benzene ring substituents is 1. The molecule has 0 bridgehead atoms. The SMILES string of the molecule is CC(=O)O.O=[N+]([O-])c1ccc(O)cc1. The van der Waals surface area contributed by atoms with Crippen molar-refractivity contribution >= 4 is 11.7 Å². The number of nitrogens with zero attached hydrogens (tertiary/aromatic N) is 1. The van der Waals surface area contributed by atoms with Crippen molar-refractivity contribution in [1.82, 2.24) is 0 Å². The highest BCUT2D eigenvalue weighted by Crippen LogP contribution is 2.14. The lowest BCUT2D eigenvalue weighted by Crippen LogP contribution is -1.85. The van der Waals surface area contributed by atoms with E-state index in [0.29, 0.717) is 0 Å². The van der Waals surface area contributed by atoms with Gasteiger partial charge < -0.3 is 10.2 Å². The number of nitro groups is 1. The third-order valence-electron chi connectivity index (χ3n) is 1.06. The van der Waals surface area contributed by atoms with Crippen molar-refractivity contribution < 1.29 is 19.9 Å². The summed E-state index contributed by atoms with van der Waals surface area (Å²) in [6.07, 6.45) is 0. The molecule has 0 saturated heterocycles. The topological polar surface area (TPSA) is 101 Å². The molecule has 0 radical (unpaired) electrons. The van der Waals surface area contributed by atoms with E-state index < -0.39 is 10.9 Å². The molecule has 0 aromatic heterocycles. The summed E-state index contributed by atoms with van der Waals surface area (Å²) in [5.74, 6) is -0.800. The number of phenolic OH excluding ortho intramolecular Hbond substituents is 1. The number of rotatable bonds is 1. The minimum atomic E-state index is -0.833. The first-order valence-corrected chi connectivity index (χ1v) is 3.56. The lowest BCUT2D eigenvalue weighted by Gasteiger charge is -1.89. The van der Waals surface area contributed by atoms with E-state index >= 15 is 0 Å². The summed E-state index contributed by atoms with van der Waals surface area (Å²) in [4.78, 5) is 18.5. The highest BCUT2D eigenvalue weighted by atomic mass is 16.6. The van der Waals surface area contributed by atoms with Gasteiger partial charge >= 0.3 is 0 Å². The Hall–Kier alpha value is -2.11. The molecule has 0 spiro atoms. The fraction of sp³-hybridized carbons (Fsp3) is 0.125. The lowest BCUT2D eigenvalue weighted by atomic mass is 10.3. The van der Waals surface area contributed by atoms with E-state index in [-0.39, 0.29) is 11.4 Å². The molecule has 0 aliphatic heterocycles. The van der Waals surface area contributed by atoms with Crippen LogP contribution >= 0.6 is 0 Å². The van der Waals surface area contributed by atoms with Crippen molar-refractivity contribution in [3.8, 4) is 5.75 Å². The normalized spacial score (nSPS) is 8.36. The van der Waals surface area contributed by atoms with Crippen molar-refractivity contribution in [3.05, 3.63) is 34.4 Å². The molecule has 1 aromatic rings. The van der Waals surface area contributed by atoms with Gasteiger partial charge in [-0.1, -0.05) is 0 Å². The smallest absolute Gasteiger partial charge is 0.300 e. The Balaban J connectivity index is 0.000000364. The molecule has 76 valence electrons. The summed E-state index contributed by atoms with van der Waals surface area (Å²) in [5, 5.41) is 26.2. The van der Waals surface area contributed by atoms with Crippen LogP contribution in [0.2, 0.25) is 0 Å². The Morgan fingerprint density at radius 1 is 1.36 bits per heavy atom. The van der Waals surface area contributed by atoms with Crippen molar-refractivity contribution in [2.45, 2.75) is 6.92 Å². The van der Waals surface area contributed by atoms with Gasteiger partial charge in [-0.2, -0.15) is 0 Å². The molecule has 0 heterocycles. The van der Waals surface area contributed by atoms with Crippen LogP contribution in [0.15, 0.2) is 24.3 Å². The Bertz CT molecular complexity index is 315. The van der Waals surface area contributed by atoms with Gasteiger partial charge in [-0.25, -0.2) is 0 Å². The maximum Gasteiger partial charge on any atom is 0.300 e. The van der Waals surface area contributed by atoms with E-state index in [4.69, 9.17) is 15.0 Å². The van der Waals surface area contributed by atoms with E-state index in [2.05, 4.69) is 0 Å². The second-order valence-electron chi connectivity index (χ2n) is 2.29. The number of non-ortho nitro benzene ring substituents is 1. The Morgan fingerprint density at radius 3 is 2.00 bits per heavy atom. The fourth-order valence-electron chi connectivity index (χ4n) is 0.574. The van der Waals surface area contributed by atoms with E-state index in [9.17, 15) is 10.1 Å². The van der Waals surface area contributed by atoms with Gasteiger partial charge in [-0.3, -0.25) is 14.9 Å². The summed E-state index contributed by atoms with van der Waals surface area (Å²) in [5.41, 5.74) is -0.0159. The molecular weight excluding hydrogens is 190 g/mol. The molecule has 1 aromatic carbocycles. The Morgan fingerprint density at radius 2 is 1.71 bits per heavy atom. The minimum Gasteiger partial charge on any atom is -0.508 e. The predicted octanol–water partition coefficient (Wildman–Crippen LogP) is 1.39. The fourth-order valence-corrected chi connectivity index (χ4v) is 0.574. The van der Waals surface area contributed by atoms with Crippen LogP contribution in [0.4, 0.5) is 5.69 Å². The standard InChI is InChI=1S/C6H5NO3.C2H4O2/c8-6-3-1-5(2-4-6)7(9)10;1-2(3)4/h1-4,8H;1H3,(H,3,4). The maximum atomic E-state index is 10.0. The highest BCUT2D eigenvalue weighted by Gasteiger charge is 2.01.